The third-order valence-corrected chi connectivity index (χ3v) is 2.64. The van der Waals surface area contributed by atoms with Gasteiger partial charge in [0.05, 0.1) is 11.7 Å². The van der Waals surface area contributed by atoms with Crippen molar-refractivity contribution in [3.8, 4) is 0 Å². The maximum absolute atomic E-state index is 11.6. The molecule has 1 heterocycles. The highest BCUT2D eigenvalue weighted by Gasteiger charge is 2.11. The van der Waals surface area contributed by atoms with Crippen molar-refractivity contribution in [2.75, 3.05) is 6.54 Å². The fraction of sp³-hybridized carbons (Fsp3) is 0.667. The first-order valence-electron chi connectivity index (χ1n) is 6.20. The van der Waals surface area contributed by atoms with Gasteiger partial charge in [0, 0.05) is 25.8 Å². The van der Waals surface area contributed by atoms with Crippen LogP contribution in [0.15, 0.2) is 12.3 Å². The topological polar surface area (TPSA) is 59.0 Å². The van der Waals surface area contributed by atoms with Crippen molar-refractivity contribution in [2.45, 2.75) is 46.3 Å². The summed E-state index contributed by atoms with van der Waals surface area (Å²) in [6.45, 7) is 8.20. The van der Waals surface area contributed by atoms with Gasteiger partial charge in [-0.1, -0.05) is 6.92 Å². The molecule has 0 spiro atoms. The van der Waals surface area contributed by atoms with Crippen LogP contribution in [0.3, 0.4) is 0 Å². The largest absolute Gasteiger partial charge is 0.355 e. The number of aryl methyl sites for hydroxylation is 1. The molecule has 1 aromatic heterocycles. The molecule has 0 aliphatic rings. The summed E-state index contributed by atoms with van der Waals surface area (Å²) in [5.74, 6) is 0.0504. The van der Waals surface area contributed by atoms with E-state index in [4.69, 9.17) is 0 Å². The molecule has 0 aromatic carbocycles. The molecule has 1 rings (SSSR count). The van der Waals surface area contributed by atoms with Gasteiger partial charge in [-0.05, 0) is 26.3 Å². The smallest absolute Gasteiger partial charge is 0.236 e. The zero-order valence-corrected chi connectivity index (χ0v) is 10.9. The first-order chi connectivity index (χ1) is 8.19. The molecule has 2 N–H and O–H groups in total. The van der Waals surface area contributed by atoms with Crippen LogP contribution in [-0.2, 0) is 17.9 Å². The monoisotopic (exact) mass is 238 g/mol. The molecule has 1 aromatic rings. The molecule has 96 valence electrons. The van der Waals surface area contributed by atoms with Gasteiger partial charge in [-0.3, -0.25) is 9.48 Å². The molecule has 1 atom stereocenters. The second kappa shape index (κ2) is 7.06. The van der Waals surface area contributed by atoms with Crippen molar-refractivity contribution in [1.29, 1.82) is 0 Å². The Bertz CT molecular complexity index is 348. The first kappa shape index (κ1) is 13.7. The van der Waals surface area contributed by atoms with Gasteiger partial charge < -0.3 is 10.6 Å². The standard InChI is InChI=1S/C12H22N4O/c1-4-7-13-12(17)10(3)14-9-11-6-8-15-16(11)5-2/h6,8,10,14H,4-5,7,9H2,1-3H3,(H,13,17). The van der Waals surface area contributed by atoms with E-state index in [1.807, 2.05) is 31.5 Å². The zero-order chi connectivity index (χ0) is 12.7. The average Bonchev–Trinajstić information content (AvgIpc) is 2.80. The summed E-state index contributed by atoms with van der Waals surface area (Å²) in [5, 5.41) is 10.2. The van der Waals surface area contributed by atoms with Crippen LogP contribution in [0, 0.1) is 0 Å². The molecule has 0 fully saturated rings. The van der Waals surface area contributed by atoms with Crippen molar-refractivity contribution in [1.82, 2.24) is 20.4 Å². The minimum Gasteiger partial charge on any atom is -0.355 e. The lowest BCUT2D eigenvalue weighted by Gasteiger charge is -2.14. The third-order valence-electron chi connectivity index (χ3n) is 2.64. The van der Waals surface area contributed by atoms with E-state index in [2.05, 4.69) is 15.7 Å². The molecule has 0 aliphatic heterocycles. The van der Waals surface area contributed by atoms with Gasteiger partial charge in [0.2, 0.25) is 5.91 Å². The normalized spacial score (nSPS) is 12.4. The number of amides is 1. The van der Waals surface area contributed by atoms with E-state index < -0.39 is 0 Å². The molecule has 1 unspecified atom stereocenters. The van der Waals surface area contributed by atoms with Gasteiger partial charge in [0.15, 0.2) is 0 Å². The zero-order valence-electron chi connectivity index (χ0n) is 10.9. The summed E-state index contributed by atoms with van der Waals surface area (Å²) in [6, 6.07) is 1.79. The number of aromatic nitrogens is 2. The average molecular weight is 238 g/mol. The van der Waals surface area contributed by atoms with Crippen LogP contribution in [0.25, 0.3) is 0 Å². The molecular weight excluding hydrogens is 216 g/mol. The first-order valence-corrected chi connectivity index (χ1v) is 6.20. The number of carbonyl (C=O) groups is 1. The van der Waals surface area contributed by atoms with E-state index in [-0.39, 0.29) is 11.9 Å². The van der Waals surface area contributed by atoms with E-state index in [1.165, 1.54) is 0 Å². The van der Waals surface area contributed by atoms with E-state index in [9.17, 15) is 4.79 Å². The maximum atomic E-state index is 11.6. The van der Waals surface area contributed by atoms with Gasteiger partial charge in [-0.25, -0.2) is 0 Å². The Morgan fingerprint density at radius 2 is 2.29 bits per heavy atom. The number of nitrogens with zero attached hydrogens (tertiary/aromatic N) is 2. The van der Waals surface area contributed by atoms with Crippen LogP contribution in [0.2, 0.25) is 0 Å². The molecule has 17 heavy (non-hydrogen) atoms. The van der Waals surface area contributed by atoms with Crippen molar-refractivity contribution < 1.29 is 4.79 Å². The molecule has 0 aliphatic carbocycles. The number of hydrogen-bond acceptors (Lipinski definition) is 3. The van der Waals surface area contributed by atoms with E-state index in [0.717, 1.165) is 25.2 Å². The predicted molar refractivity (Wildman–Crippen MR) is 67.5 cm³/mol. The molecule has 0 bridgehead atoms. The van der Waals surface area contributed by atoms with Crippen molar-refractivity contribution in [3.63, 3.8) is 0 Å². The summed E-state index contributed by atoms with van der Waals surface area (Å²) in [7, 11) is 0. The van der Waals surface area contributed by atoms with E-state index in [0.29, 0.717) is 6.54 Å². The Kier molecular flexibility index (Phi) is 5.69. The van der Waals surface area contributed by atoms with Crippen LogP contribution in [0.1, 0.15) is 32.9 Å². The highest BCUT2D eigenvalue weighted by Crippen LogP contribution is 1.98. The van der Waals surface area contributed by atoms with E-state index >= 15 is 0 Å². The minimum atomic E-state index is -0.179. The SMILES string of the molecule is CCCNC(=O)C(C)NCc1ccnn1CC. The summed E-state index contributed by atoms with van der Waals surface area (Å²) in [5.41, 5.74) is 1.10. The molecule has 5 heteroatoms. The van der Waals surface area contributed by atoms with Gasteiger partial charge in [0.1, 0.15) is 0 Å². The Hall–Kier alpha value is -1.36. The summed E-state index contributed by atoms with van der Waals surface area (Å²) in [6.07, 6.45) is 2.74. The fourth-order valence-corrected chi connectivity index (χ4v) is 1.55. The lowest BCUT2D eigenvalue weighted by Crippen LogP contribution is -2.42. The Balaban J connectivity index is 2.37. The van der Waals surface area contributed by atoms with Gasteiger partial charge in [-0.15, -0.1) is 0 Å². The summed E-state index contributed by atoms with van der Waals surface area (Å²) >= 11 is 0. The van der Waals surface area contributed by atoms with Gasteiger partial charge >= 0.3 is 0 Å². The fourth-order valence-electron chi connectivity index (χ4n) is 1.55. The van der Waals surface area contributed by atoms with E-state index in [1.54, 1.807) is 6.20 Å². The third kappa shape index (κ3) is 4.19. The van der Waals surface area contributed by atoms with Crippen LogP contribution in [-0.4, -0.2) is 28.3 Å². The lowest BCUT2D eigenvalue weighted by molar-refractivity contribution is -0.122. The Morgan fingerprint density at radius 1 is 1.53 bits per heavy atom. The van der Waals surface area contributed by atoms with Crippen molar-refractivity contribution in [2.24, 2.45) is 0 Å². The second-order valence-corrected chi connectivity index (χ2v) is 4.03. The second-order valence-electron chi connectivity index (χ2n) is 4.03. The van der Waals surface area contributed by atoms with Crippen LogP contribution >= 0.6 is 0 Å². The van der Waals surface area contributed by atoms with Crippen molar-refractivity contribution >= 4 is 5.91 Å². The van der Waals surface area contributed by atoms with Crippen molar-refractivity contribution in [3.05, 3.63) is 18.0 Å². The molecule has 5 nitrogen and oxygen atoms in total. The Labute approximate surface area is 103 Å². The molecule has 1 amide bonds. The van der Waals surface area contributed by atoms with Gasteiger partial charge in [-0.2, -0.15) is 5.10 Å². The highest BCUT2D eigenvalue weighted by atomic mass is 16.2. The lowest BCUT2D eigenvalue weighted by atomic mass is 10.3. The predicted octanol–water partition coefficient (Wildman–Crippen LogP) is 0.907. The number of nitrogens with one attached hydrogen (secondary N) is 2. The molecular formula is C12H22N4O. The number of carbonyl (C=O) groups excluding carboxylic acids is 1. The Morgan fingerprint density at radius 3 is 2.94 bits per heavy atom. The number of hydrogen-bond donors (Lipinski definition) is 2. The van der Waals surface area contributed by atoms with Gasteiger partial charge in [0.25, 0.3) is 0 Å². The summed E-state index contributed by atoms with van der Waals surface area (Å²) in [4.78, 5) is 11.6. The quantitative estimate of drug-likeness (QED) is 0.742. The highest BCUT2D eigenvalue weighted by molar-refractivity contribution is 5.81. The maximum Gasteiger partial charge on any atom is 0.236 e. The minimum absolute atomic E-state index is 0.0504. The van der Waals surface area contributed by atoms with Crippen LogP contribution < -0.4 is 10.6 Å². The molecule has 0 saturated carbocycles. The van der Waals surface area contributed by atoms with Crippen LogP contribution in [0.5, 0.6) is 0 Å². The number of rotatable bonds is 7. The molecule has 0 saturated heterocycles. The summed E-state index contributed by atoms with van der Waals surface area (Å²) < 4.78 is 1.92. The molecule has 0 radical (unpaired) electrons. The van der Waals surface area contributed by atoms with Crippen LogP contribution in [0.4, 0.5) is 0 Å².